The first-order valence-electron chi connectivity index (χ1n) is 9.38. The van der Waals surface area contributed by atoms with Crippen LogP contribution in [0.5, 0.6) is 0 Å². The van der Waals surface area contributed by atoms with Crippen molar-refractivity contribution in [3.8, 4) is 0 Å². The average Bonchev–Trinajstić information content (AvgIpc) is 2.46. The number of likely N-dealkylation sites (tertiary alicyclic amines) is 2. The first kappa shape index (κ1) is 18.6. The van der Waals surface area contributed by atoms with Crippen LogP contribution >= 0.6 is 0 Å². The lowest BCUT2D eigenvalue weighted by molar-refractivity contribution is -0.0669. The summed E-state index contributed by atoms with van der Waals surface area (Å²) in [4.78, 5) is 9.61. The van der Waals surface area contributed by atoms with Crippen LogP contribution < -0.4 is 5.32 Å². The van der Waals surface area contributed by atoms with Gasteiger partial charge in [-0.1, -0.05) is 27.7 Å². The third kappa shape index (κ3) is 4.01. The Labute approximate surface area is 143 Å². The molecule has 1 unspecified atom stereocenters. The van der Waals surface area contributed by atoms with Gasteiger partial charge in [-0.2, -0.15) is 0 Å². The van der Waals surface area contributed by atoms with Crippen LogP contribution in [0.4, 0.5) is 0 Å². The lowest BCUT2D eigenvalue weighted by Gasteiger charge is -2.62. The van der Waals surface area contributed by atoms with Crippen molar-refractivity contribution in [1.29, 1.82) is 0 Å². The molecule has 2 aliphatic rings. The molecule has 2 saturated heterocycles. The Morgan fingerprint density at radius 2 is 1.96 bits per heavy atom. The fourth-order valence-electron chi connectivity index (χ4n) is 3.93. The lowest BCUT2D eigenvalue weighted by atomic mass is 9.65. The highest BCUT2D eigenvalue weighted by Crippen LogP contribution is 2.46. The Balaban J connectivity index is 1.85. The van der Waals surface area contributed by atoms with E-state index in [1.165, 1.54) is 32.5 Å². The second kappa shape index (κ2) is 7.00. The van der Waals surface area contributed by atoms with Gasteiger partial charge in [-0.05, 0) is 45.1 Å². The molecule has 0 bridgehead atoms. The van der Waals surface area contributed by atoms with Crippen molar-refractivity contribution in [1.82, 2.24) is 15.1 Å². The minimum absolute atomic E-state index is 0.172. The van der Waals surface area contributed by atoms with Gasteiger partial charge >= 0.3 is 0 Å². The van der Waals surface area contributed by atoms with Gasteiger partial charge in [0.1, 0.15) is 0 Å². The Kier molecular flexibility index (Phi) is 5.65. The van der Waals surface area contributed by atoms with Gasteiger partial charge in [0.15, 0.2) is 5.96 Å². The molecule has 0 aromatic heterocycles. The van der Waals surface area contributed by atoms with E-state index in [0.717, 1.165) is 30.9 Å². The first-order chi connectivity index (χ1) is 10.7. The number of nitrogens with zero attached hydrogens (tertiary/aromatic N) is 3. The zero-order chi connectivity index (χ0) is 17.3. The summed E-state index contributed by atoms with van der Waals surface area (Å²) in [5, 5.41) is 3.66. The van der Waals surface area contributed by atoms with Crippen molar-refractivity contribution in [2.75, 3.05) is 39.8 Å². The molecule has 23 heavy (non-hydrogen) atoms. The molecule has 1 atom stereocenters. The zero-order valence-corrected chi connectivity index (χ0v) is 16.4. The molecule has 134 valence electrons. The van der Waals surface area contributed by atoms with Crippen LogP contribution in [0.15, 0.2) is 4.99 Å². The van der Waals surface area contributed by atoms with Gasteiger partial charge in [-0.25, -0.2) is 0 Å². The zero-order valence-electron chi connectivity index (χ0n) is 16.4. The molecule has 0 aliphatic carbocycles. The summed E-state index contributed by atoms with van der Waals surface area (Å²) in [6.07, 6.45) is 2.67. The number of hydrogen-bond donors (Lipinski definition) is 1. The normalized spacial score (nSPS) is 27.9. The van der Waals surface area contributed by atoms with Gasteiger partial charge in [0.2, 0.25) is 0 Å². The van der Waals surface area contributed by atoms with E-state index >= 15 is 0 Å². The first-order valence-corrected chi connectivity index (χ1v) is 9.38. The Hall–Kier alpha value is -0.770. The third-order valence-corrected chi connectivity index (χ3v) is 6.13. The topological polar surface area (TPSA) is 30.9 Å². The van der Waals surface area contributed by atoms with Crippen molar-refractivity contribution >= 4 is 5.96 Å². The molecule has 0 aromatic rings. The number of aliphatic imine (C=N–C) groups is 1. The molecule has 0 radical (unpaired) electrons. The number of rotatable bonds is 4. The smallest absolute Gasteiger partial charge is 0.194 e. The highest BCUT2D eigenvalue weighted by Gasteiger charge is 2.53. The molecular weight excluding hydrogens is 284 g/mol. The van der Waals surface area contributed by atoms with Crippen LogP contribution in [-0.4, -0.2) is 61.1 Å². The van der Waals surface area contributed by atoms with Gasteiger partial charge in [-0.3, -0.25) is 4.99 Å². The fourth-order valence-corrected chi connectivity index (χ4v) is 3.93. The molecule has 2 fully saturated rings. The quantitative estimate of drug-likeness (QED) is 0.637. The van der Waals surface area contributed by atoms with Crippen LogP contribution in [0.1, 0.15) is 54.4 Å². The monoisotopic (exact) mass is 322 g/mol. The molecule has 0 saturated carbocycles. The molecule has 2 rings (SSSR count). The van der Waals surface area contributed by atoms with Crippen LogP contribution in [0.25, 0.3) is 0 Å². The van der Waals surface area contributed by atoms with Crippen LogP contribution in [0, 0.1) is 17.3 Å². The minimum atomic E-state index is 0.172. The summed E-state index contributed by atoms with van der Waals surface area (Å²) in [7, 11) is 1.91. The predicted molar refractivity (Wildman–Crippen MR) is 99.9 cm³/mol. The summed E-state index contributed by atoms with van der Waals surface area (Å²) in [6, 6.07) is 0. The van der Waals surface area contributed by atoms with Crippen molar-refractivity contribution in [2.45, 2.75) is 59.9 Å². The lowest BCUT2D eigenvalue weighted by Crippen LogP contribution is -2.72. The van der Waals surface area contributed by atoms with Crippen molar-refractivity contribution in [3.05, 3.63) is 0 Å². The Morgan fingerprint density at radius 1 is 1.26 bits per heavy atom. The van der Waals surface area contributed by atoms with Crippen molar-refractivity contribution in [2.24, 2.45) is 22.2 Å². The maximum Gasteiger partial charge on any atom is 0.194 e. The van der Waals surface area contributed by atoms with E-state index in [1.54, 1.807) is 0 Å². The van der Waals surface area contributed by atoms with E-state index in [0.29, 0.717) is 5.41 Å². The van der Waals surface area contributed by atoms with Gasteiger partial charge in [0, 0.05) is 44.2 Å². The summed E-state index contributed by atoms with van der Waals surface area (Å²) in [5.41, 5.74) is 0.522. The second-order valence-corrected chi connectivity index (χ2v) is 9.12. The average molecular weight is 323 g/mol. The molecule has 0 aromatic carbocycles. The van der Waals surface area contributed by atoms with E-state index in [1.807, 2.05) is 7.05 Å². The summed E-state index contributed by atoms with van der Waals surface area (Å²) >= 11 is 0. The maximum atomic E-state index is 4.54. The SMILES string of the molecule is CN=C(NCC1CCCN(CC(C)C)C1)N1CC(C)(C)C1(C)C. The van der Waals surface area contributed by atoms with Gasteiger partial charge in [0.05, 0.1) is 0 Å². The van der Waals surface area contributed by atoms with Gasteiger partial charge in [0.25, 0.3) is 0 Å². The third-order valence-electron chi connectivity index (χ3n) is 6.13. The molecular formula is C19H38N4. The summed E-state index contributed by atoms with van der Waals surface area (Å²) in [6.45, 7) is 19.9. The van der Waals surface area contributed by atoms with Crippen LogP contribution in [-0.2, 0) is 0 Å². The Morgan fingerprint density at radius 3 is 2.48 bits per heavy atom. The number of hydrogen-bond acceptors (Lipinski definition) is 2. The van der Waals surface area contributed by atoms with Crippen molar-refractivity contribution < 1.29 is 0 Å². The van der Waals surface area contributed by atoms with E-state index in [9.17, 15) is 0 Å². The molecule has 0 amide bonds. The maximum absolute atomic E-state index is 4.54. The Bertz CT molecular complexity index is 425. The highest BCUT2D eigenvalue weighted by atomic mass is 15.4. The molecule has 4 nitrogen and oxygen atoms in total. The van der Waals surface area contributed by atoms with E-state index < -0.39 is 0 Å². The second-order valence-electron chi connectivity index (χ2n) is 9.12. The van der Waals surface area contributed by atoms with E-state index in [2.05, 4.69) is 61.7 Å². The molecule has 1 N–H and O–H groups in total. The van der Waals surface area contributed by atoms with Gasteiger partial charge in [-0.15, -0.1) is 0 Å². The number of piperidine rings is 1. The molecule has 2 heterocycles. The van der Waals surface area contributed by atoms with Crippen LogP contribution in [0.2, 0.25) is 0 Å². The summed E-state index contributed by atoms with van der Waals surface area (Å²) < 4.78 is 0. The van der Waals surface area contributed by atoms with Crippen LogP contribution in [0.3, 0.4) is 0 Å². The minimum Gasteiger partial charge on any atom is -0.356 e. The molecule has 4 heteroatoms. The van der Waals surface area contributed by atoms with E-state index in [4.69, 9.17) is 0 Å². The highest BCUT2D eigenvalue weighted by molar-refractivity contribution is 5.82. The van der Waals surface area contributed by atoms with E-state index in [-0.39, 0.29) is 5.54 Å². The standard InChI is InChI=1S/C19H38N4/c1-15(2)12-22-10-8-9-16(13-22)11-21-17(20-7)23-14-18(3,4)19(23,5)6/h15-16H,8-14H2,1-7H3,(H,20,21). The molecule has 0 spiro atoms. The largest absolute Gasteiger partial charge is 0.356 e. The number of guanidine groups is 1. The van der Waals surface area contributed by atoms with Gasteiger partial charge < -0.3 is 15.1 Å². The summed E-state index contributed by atoms with van der Waals surface area (Å²) in [5.74, 6) is 2.59. The molecule has 2 aliphatic heterocycles. The fraction of sp³-hybridized carbons (Fsp3) is 0.947. The predicted octanol–water partition coefficient (Wildman–Crippen LogP) is 3.05. The number of nitrogens with one attached hydrogen (secondary N) is 1. The van der Waals surface area contributed by atoms with Crippen molar-refractivity contribution in [3.63, 3.8) is 0 Å².